The number of phenolic OH excluding ortho intramolecular Hbond substituents is 1. The number of phenols is 1. The molecule has 2 heterocycles. The van der Waals surface area contributed by atoms with Crippen molar-refractivity contribution in [3.63, 3.8) is 0 Å². The summed E-state index contributed by atoms with van der Waals surface area (Å²) in [6, 6.07) is 9.14. The number of fused-ring (bicyclic) bond motifs is 3. The van der Waals surface area contributed by atoms with Crippen molar-refractivity contribution >= 4 is 21.9 Å². The molecule has 0 fully saturated rings. The van der Waals surface area contributed by atoms with E-state index in [0.29, 0.717) is 0 Å². The van der Waals surface area contributed by atoms with Crippen LogP contribution in [0.4, 0.5) is 0 Å². The fourth-order valence-corrected chi connectivity index (χ4v) is 1.71. The smallest absolute Gasteiger partial charge is 0.138 e. The first-order chi connectivity index (χ1) is 6.84. The molecule has 3 nitrogen and oxygen atoms in total. The van der Waals surface area contributed by atoms with Crippen molar-refractivity contribution in [1.82, 2.24) is 9.97 Å². The van der Waals surface area contributed by atoms with Gasteiger partial charge in [0.15, 0.2) is 0 Å². The van der Waals surface area contributed by atoms with Crippen molar-refractivity contribution in [2.45, 2.75) is 0 Å². The number of hydrogen-bond donors (Lipinski definition) is 2. The van der Waals surface area contributed by atoms with Gasteiger partial charge in [-0.25, -0.2) is 4.98 Å². The van der Waals surface area contributed by atoms with Gasteiger partial charge in [-0.1, -0.05) is 0 Å². The largest absolute Gasteiger partial charge is 0.508 e. The molecular formula is C11H8N2O. The summed E-state index contributed by atoms with van der Waals surface area (Å²) in [5, 5.41) is 11.4. The average Bonchev–Trinajstić information content (AvgIpc) is 2.56. The molecule has 0 amide bonds. The van der Waals surface area contributed by atoms with E-state index >= 15 is 0 Å². The Hall–Kier alpha value is -2.03. The van der Waals surface area contributed by atoms with Crippen LogP contribution in [0.3, 0.4) is 0 Å². The molecule has 0 bridgehead atoms. The SMILES string of the molecule is Oc1ccc2[nH]c3ncccc3c2c1. The quantitative estimate of drug-likeness (QED) is 0.563. The highest BCUT2D eigenvalue weighted by Gasteiger charge is 2.03. The number of aromatic amines is 1. The Balaban J connectivity index is 2.58. The van der Waals surface area contributed by atoms with Crippen LogP contribution >= 0.6 is 0 Å². The maximum atomic E-state index is 9.37. The average molecular weight is 184 g/mol. The number of H-pyrrole nitrogens is 1. The maximum Gasteiger partial charge on any atom is 0.138 e. The Kier molecular flexibility index (Phi) is 1.31. The van der Waals surface area contributed by atoms with Crippen LogP contribution in [-0.2, 0) is 0 Å². The Morgan fingerprint density at radius 1 is 1.14 bits per heavy atom. The second-order valence-corrected chi connectivity index (χ2v) is 3.25. The molecule has 2 aromatic heterocycles. The van der Waals surface area contributed by atoms with Gasteiger partial charge in [0.2, 0.25) is 0 Å². The molecular weight excluding hydrogens is 176 g/mol. The molecule has 0 aliphatic heterocycles. The molecule has 0 unspecified atom stereocenters. The fourth-order valence-electron chi connectivity index (χ4n) is 1.71. The Bertz CT molecular complexity index is 613. The van der Waals surface area contributed by atoms with Gasteiger partial charge in [0.25, 0.3) is 0 Å². The molecule has 68 valence electrons. The van der Waals surface area contributed by atoms with E-state index in [4.69, 9.17) is 0 Å². The summed E-state index contributed by atoms with van der Waals surface area (Å²) in [5.41, 5.74) is 1.85. The van der Waals surface area contributed by atoms with Gasteiger partial charge < -0.3 is 10.1 Å². The van der Waals surface area contributed by atoms with Gasteiger partial charge >= 0.3 is 0 Å². The van der Waals surface area contributed by atoms with Gasteiger partial charge in [-0.05, 0) is 30.3 Å². The maximum absolute atomic E-state index is 9.37. The van der Waals surface area contributed by atoms with E-state index in [-0.39, 0.29) is 5.75 Å². The van der Waals surface area contributed by atoms with Gasteiger partial charge in [-0.2, -0.15) is 0 Å². The lowest BCUT2D eigenvalue weighted by Gasteiger charge is -1.91. The topological polar surface area (TPSA) is 48.9 Å². The van der Waals surface area contributed by atoms with E-state index in [2.05, 4.69) is 9.97 Å². The van der Waals surface area contributed by atoms with Crippen molar-refractivity contribution in [3.05, 3.63) is 36.5 Å². The summed E-state index contributed by atoms with van der Waals surface area (Å²) in [4.78, 5) is 7.39. The number of benzene rings is 1. The van der Waals surface area contributed by atoms with Crippen LogP contribution in [0.25, 0.3) is 21.9 Å². The number of hydrogen-bond acceptors (Lipinski definition) is 2. The standard InChI is InChI=1S/C11H8N2O/c14-7-3-4-10-9(6-7)8-2-1-5-12-11(8)13-10/h1-6,14H,(H,12,13). The zero-order valence-electron chi connectivity index (χ0n) is 7.36. The van der Waals surface area contributed by atoms with Gasteiger partial charge in [0.1, 0.15) is 11.4 Å². The number of rotatable bonds is 0. The lowest BCUT2D eigenvalue weighted by atomic mass is 10.2. The van der Waals surface area contributed by atoms with Gasteiger partial charge in [-0.15, -0.1) is 0 Å². The first kappa shape index (κ1) is 7.38. The van der Waals surface area contributed by atoms with E-state index in [1.807, 2.05) is 18.2 Å². The van der Waals surface area contributed by atoms with Crippen molar-refractivity contribution in [1.29, 1.82) is 0 Å². The lowest BCUT2D eigenvalue weighted by molar-refractivity contribution is 0.476. The number of aromatic hydroxyl groups is 1. The number of pyridine rings is 1. The van der Waals surface area contributed by atoms with Crippen LogP contribution in [0.1, 0.15) is 0 Å². The highest BCUT2D eigenvalue weighted by Crippen LogP contribution is 2.26. The zero-order chi connectivity index (χ0) is 9.54. The molecule has 3 heteroatoms. The molecule has 0 spiro atoms. The molecule has 0 saturated carbocycles. The number of aromatic nitrogens is 2. The third-order valence-corrected chi connectivity index (χ3v) is 2.35. The van der Waals surface area contributed by atoms with Crippen molar-refractivity contribution in [2.75, 3.05) is 0 Å². The van der Waals surface area contributed by atoms with Crippen LogP contribution in [0, 0.1) is 0 Å². The molecule has 0 atom stereocenters. The van der Waals surface area contributed by atoms with E-state index in [1.54, 1.807) is 18.3 Å². The summed E-state index contributed by atoms with van der Waals surface area (Å²) >= 11 is 0. The Morgan fingerprint density at radius 2 is 2.07 bits per heavy atom. The minimum Gasteiger partial charge on any atom is -0.508 e. The van der Waals surface area contributed by atoms with Gasteiger partial charge in [-0.3, -0.25) is 0 Å². The molecule has 0 aliphatic rings. The first-order valence-electron chi connectivity index (χ1n) is 4.40. The monoisotopic (exact) mass is 184 g/mol. The van der Waals surface area contributed by atoms with Crippen LogP contribution in [0.5, 0.6) is 5.75 Å². The summed E-state index contributed by atoms with van der Waals surface area (Å²) in [5.74, 6) is 0.280. The molecule has 14 heavy (non-hydrogen) atoms. The third kappa shape index (κ3) is 0.893. The molecule has 3 rings (SSSR count). The minimum atomic E-state index is 0.280. The van der Waals surface area contributed by atoms with E-state index in [9.17, 15) is 5.11 Å². The number of nitrogens with one attached hydrogen (secondary N) is 1. The second-order valence-electron chi connectivity index (χ2n) is 3.25. The van der Waals surface area contributed by atoms with Crippen LogP contribution in [0.2, 0.25) is 0 Å². The fraction of sp³-hybridized carbons (Fsp3) is 0. The zero-order valence-corrected chi connectivity index (χ0v) is 7.36. The molecule has 1 aromatic carbocycles. The summed E-state index contributed by atoms with van der Waals surface area (Å²) in [7, 11) is 0. The van der Waals surface area contributed by atoms with Gasteiger partial charge in [0, 0.05) is 22.5 Å². The molecule has 0 saturated heterocycles. The first-order valence-corrected chi connectivity index (χ1v) is 4.40. The van der Waals surface area contributed by atoms with Crippen LogP contribution in [0.15, 0.2) is 36.5 Å². The molecule has 0 radical (unpaired) electrons. The highest BCUT2D eigenvalue weighted by molar-refractivity contribution is 6.06. The predicted molar refractivity (Wildman–Crippen MR) is 55.3 cm³/mol. The number of nitrogens with zero attached hydrogens (tertiary/aromatic N) is 1. The Morgan fingerprint density at radius 3 is 3.00 bits per heavy atom. The molecule has 3 aromatic rings. The van der Waals surface area contributed by atoms with Crippen molar-refractivity contribution in [3.8, 4) is 5.75 Å². The summed E-state index contributed by atoms with van der Waals surface area (Å²) in [6.07, 6.45) is 1.75. The van der Waals surface area contributed by atoms with Crippen molar-refractivity contribution < 1.29 is 5.11 Å². The second kappa shape index (κ2) is 2.48. The highest BCUT2D eigenvalue weighted by atomic mass is 16.3. The Labute approximate surface area is 80.0 Å². The van der Waals surface area contributed by atoms with Crippen LogP contribution < -0.4 is 0 Å². The van der Waals surface area contributed by atoms with Crippen molar-refractivity contribution in [2.24, 2.45) is 0 Å². The van der Waals surface area contributed by atoms with Crippen LogP contribution in [-0.4, -0.2) is 15.1 Å². The minimum absolute atomic E-state index is 0.280. The third-order valence-electron chi connectivity index (χ3n) is 2.35. The van der Waals surface area contributed by atoms with E-state index in [1.165, 1.54) is 0 Å². The van der Waals surface area contributed by atoms with E-state index < -0.39 is 0 Å². The van der Waals surface area contributed by atoms with Gasteiger partial charge in [0.05, 0.1) is 0 Å². The normalized spacial score (nSPS) is 11.1. The summed E-state index contributed by atoms with van der Waals surface area (Å²) in [6.45, 7) is 0. The molecule has 2 N–H and O–H groups in total. The lowest BCUT2D eigenvalue weighted by Crippen LogP contribution is -1.71. The summed E-state index contributed by atoms with van der Waals surface area (Å²) < 4.78 is 0. The molecule has 0 aliphatic carbocycles. The predicted octanol–water partition coefficient (Wildman–Crippen LogP) is 2.42. The van der Waals surface area contributed by atoms with E-state index in [0.717, 1.165) is 21.9 Å².